The van der Waals surface area contributed by atoms with Gasteiger partial charge in [0.05, 0.1) is 6.33 Å². The molecule has 2 aromatic rings. The standard InChI is InChI=1S/C15H19N5O3/c1-2-12-9-15(23)19(11-17-12)10-13(21)16-6-4-8-20-14(22)5-3-7-18-20/h3,5,7,9,11H,2,4,6,8,10H2,1H3,(H,16,21). The van der Waals surface area contributed by atoms with Crippen LogP contribution in [0.1, 0.15) is 19.0 Å². The third kappa shape index (κ3) is 4.87. The van der Waals surface area contributed by atoms with E-state index < -0.39 is 0 Å². The van der Waals surface area contributed by atoms with Crippen molar-refractivity contribution in [3.63, 3.8) is 0 Å². The van der Waals surface area contributed by atoms with Crippen LogP contribution in [0.25, 0.3) is 0 Å². The fraction of sp³-hybridized carbons (Fsp3) is 0.400. The van der Waals surface area contributed by atoms with Gasteiger partial charge in [-0.25, -0.2) is 9.67 Å². The van der Waals surface area contributed by atoms with E-state index in [9.17, 15) is 14.4 Å². The molecule has 2 aromatic heterocycles. The maximum absolute atomic E-state index is 11.8. The first-order valence-corrected chi connectivity index (χ1v) is 7.44. The summed E-state index contributed by atoms with van der Waals surface area (Å²) >= 11 is 0. The summed E-state index contributed by atoms with van der Waals surface area (Å²) in [5, 5.41) is 6.64. The molecule has 8 heteroatoms. The Hall–Kier alpha value is -2.77. The van der Waals surface area contributed by atoms with Crippen molar-refractivity contribution in [2.45, 2.75) is 32.9 Å². The highest BCUT2D eigenvalue weighted by atomic mass is 16.2. The smallest absolute Gasteiger partial charge is 0.266 e. The van der Waals surface area contributed by atoms with Gasteiger partial charge in [0, 0.05) is 37.1 Å². The van der Waals surface area contributed by atoms with Crippen molar-refractivity contribution in [2.75, 3.05) is 6.54 Å². The molecule has 122 valence electrons. The number of aryl methyl sites for hydroxylation is 2. The molecule has 1 N–H and O–H groups in total. The second-order valence-corrected chi connectivity index (χ2v) is 4.99. The van der Waals surface area contributed by atoms with Gasteiger partial charge in [-0.05, 0) is 18.9 Å². The summed E-state index contributed by atoms with van der Waals surface area (Å²) in [7, 11) is 0. The van der Waals surface area contributed by atoms with Crippen molar-refractivity contribution < 1.29 is 4.79 Å². The van der Waals surface area contributed by atoms with Crippen molar-refractivity contribution in [2.24, 2.45) is 0 Å². The predicted octanol–water partition coefficient (Wildman–Crippen LogP) is -0.431. The highest BCUT2D eigenvalue weighted by Gasteiger charge is 2.05. The molecule has 0 aromatic carbocycles. The van der Waals surface area contributed by atoms with Gasteiger partial charge in [-0.2, -0.15) is 5.10 Å². The summed E-state index contributed by atoms with van der Waals surface area (Å²) in [4.78, 5) is 39.1. The van der Waals surface area contributed by atoms with Crippen LogP contribution in [0.15, 0.2) is 40.3 Å². The average molecular weight is 317 g/mol. The molecular weight excluding hydrogens is 298 g/mol. The van der Waals surface area contributed by atoms with Gasteiger partial charge in [0.25, 0.3) is 11.1 Å². The van der Waals surface area contributed by atoms with Crippen molar-refractivity contribution in [3.05, 3.63) is 57.1 Å². The lowest BCUT2D eigenvalue weighted by Gasteiger charge is -2.08. The lowest BCUT2D eigenvalue weighted by molar-refractivity contribution is -0.121. The van der Waals surface area contributed by atoms with E-state index >= 15 is 0 Å². The molecule has 0 spiro atoms. The summed E-state index contributed by atoms with van der Waals surface area (Å²) in [6.07, 6.45) is 4.17. The molecule has 0 saturated carbocycles. The Morgan fingerprint density at radius 2 is 2.13 bits per heavy atom. The first-order chi connectivity index (χ1) is 11.1. The molecule has 2 rings (SSSR count). The number of carbonyl (C=O) groups excluding carboxylic acids is 1. The highest BCUT2D eigenvalue weighted by Crippen LogP contribution is 1.90. The van der Waals surface area contributed by atoms with E-state index in [-0.39, 0.29) is 23.6 Å². The van der Waals surface area contributed by atoms with Gasteiger partial charge in [-0.3, -0.25) is 19.0 Å². The zero-order valence-corrected chi connectivity index (χ0v) is 12.9. The Morgan fingerprint density at radius 3 is 2.83 bits per heavy atom. The molecule has 8 nitrogen and oxygen atoms in total. The van der Waals surface area contributed by atoms with Crippen LogP contribution in [-0.4, -0.2) is 31.8 Å². The average Bonchev–Trinajstić information content (AvgIpc) is 2.55. The molecule has 1 amide bonds. The minimum atomic E-state index is -0.272. The van der Waals surface area contributed by atoms with Gasteiger partial charge < -0.3 is 5.32 Å². The van der Waals surface area contributed by atoms with Gasteiger partial charge >= 0.3 is 0 Å². The van der Waals surface area contributed by atoms with E-state index in [2.05, 4.69) is 15.4 Å². The van der Waals surface area contributed by atoms with E-state index in [1.54, 1.807) is 12.3 Å². The molecule has 0 aliphatic rings. The van der Waals surface area contributed by atoms with Gasteiger partial charge in [-0.1, -0.05) is 6.92 Å². The number of nitrogens with one attached hydrogen (secondary N) is 1. The third-order valence-electron chi connectivity index (χ3n) is 3.27. The fourth-order valence-electron chi connectivity index (χ4n) is 2.00. The maximum atomic E-state index is 11.8. The number of carbonyl (C=O) groups is 1. The summed E-state index contributed by atoms with van der Waals surface area (Å²) < 4.78 is 2.60. The van der Waals surface area contributed by atoms with Crippen molar-refractivity contribution in [3.8, 4) is 0 Å². The molecule has 0 aliphatic carbocycles. The number of hydrogen-bond donors (Lipinski definition) is 1. The van der Waals surface area contributed by atoms with Crippen molar-refractivity contribution in [1.82, 2.24) is 24.6 Å². The van der Waals surface area contributed by atoms with Crippen LogP contribution in [0, 0.1) is 0 Å². The highest BCUT2D eigenvalue weighted by molar-refractivity contribution is 5.75. The van der Waals surface area contributed by atoms with Crippen LogP contribution in [0.2, 0.25) is 0 Å². The molecule has 0 fully saturated rings. The van der Waals surface area contributed by atoms with E-state index in [1.165, 1.54) is 27.7 Å². The van der Waals surface area contributed by atoms with E-state index in [1.807, 2.05) is 6.92 Å². The SMILES string of the molecule is CCc1cc(=O)n(CC(=O)NCCCn2ncccc2=O)cn1. The normalized spacial score (nSPS) is 10.5. The Labute approximate surface area is 132 Å². The Balaban J connectivity index is 1.78. The topological polar surface area (TPSA) is 98.9 Å². The molecular formula is C15H19N5O3. The van der Waals surface area contributed by atoms with E-state index in [0.717, 1.165) is 0 Å². The minimum absolute atomic E-state index is 0.0701. The Kier molecular flexibility index (Phi) is 5.79. The molecule has 0 unspecified atom stereocenters. The molecule has 0 aliphatic heterocycles. The molecule has 0 bridgehead atoms. The molecule has 23 heavy (non-hydrogen) atoms. The zero-order chi connectivity index (χ0) is 16.7. The van der Waals surface area contributed by atoms with Crippen LogP contribution >= 0.6 is 0 Å². The number of rotatable bonds is 7. The zero-order valence-electron chi connectivity index (χ0n) is 12.9. The molecule has 0 atom stereocenters. The fourth-order valence-corrected chi connectivity index (χ4v) is 2.00. The van der Waals surface area contributed by atoms with Gasteiger partial charge in [0.1, 0.15) is 6.54 Å². The van der Waals surface area contributed by atoms with Crippen molar-refractivity contribution in [1.29, 1.82) is 0 Å². The van der Waals surface area contributed by atoms with Crippen LogP contribution in [-0.2, 0) is 24.3 Å². The predicted molar refractivity (Wildman–Crippen MR) is 84.0 cm³/mol. The summed E-state index contributed by atoms with van der Waals surface area (Å²) in [6.45, 7) is 2.66. The second-order valence-electron chi connectivity index (χ2n) is 4.99. The lowest BCUT2D eigenvalue weighted by atomic mass is 10.3. The number of aromatic nitrogens is 4. The Morgan fingerprint density at radius 1 is 1.30 bits per heavy atom. The molecule has 2 heterocycles. The molecule has 0 saturated heterocycles. The summed E-state index contributed by atoms with van der Waals surface area (Å²) in [5.41, 5.74) is 0.284. The van der Waals surface area contributed by atoms with Gasteiger partial charge in [0.2, 0.25) is 5.91 Å². The molecule has 0 radical (unpaired) electrons. The monoisotopic (exact) mass is 317 g/mol. The second kappa shape index (κ2) is 8.02. The van der Waals surface area contributed by atoms with Crippen molar-refractivity contribution >= 4 is 5.91 Å². The lowest BCUT2D eigenvalue weighted by Crippen LogP contribution is -2.33. The largest absolute Gasteiger partial charge is 0.354 e. The van der Waals surface area contributed by atoms with Gasteiger partial charge in [0.15, 0.2) is 0 Å². The first-order valence-electron chi connectivity index (χ1n) is 7.44. The number of amides is 1. The minimum Gasteiger partial charge on any atom is -0.354 e. The quantitative estimate of drug-likeness (QED) is 0.699. The first kappa shape index (κ1) is 16.6. The van der Waals surface area contributed by atoms with E-state index in [0.29, 0.717) is 31.6 Å². The van der Waals surface area contributed by atoms with Crippen LogP contribution < -0.4 is 16.4 Å². The number of nitrogens with zero attached hydrogens (tertiary/aromatic N) is 4. The van der Waals surface area contributed by atoms with Crippen LogP contribution in [0.3, 0.4) is 0 Å². The number of hydrogen-bond acceptors (Lipinski definition) is 5. The third-order valence-corrected chi connectivity index (χ3v) is 3.27. The Bertz CT molecular complexity index is 781. The van der Waals surface area contributed by atoms with Crippen LogP contribution in [0.4, 0.5) is 0 Å². The summed E-state index contributed by atoms with van der Waals surface area (Å²) in [6, 6.07) is 4.45. The maximum Gasteiger partial charge on any atom is 0.266 e. The van der Waals surface area contributed by atoms with Crippen LogP contribution in [0.5, 0.6) is 0 Å². The van der Waals surface area contributed by atoms with Gasteiger partial charge in [-0.15, -0.1) is 0 Å². The van der Waals surface area contributed by atoms with E-state index in [4.69, 9.17) is 0 Å². The summed E-state index contributed by atoms with van der Waals surface area (Å²) in [5.74, 6) is -0.272.